The summed E-state index contributed by atoms with van der Waals surface area (Å²) in [5.74, 6) is 0.696. The average Bonchev–Trinajstić information content (AvgIpc) is 1.63. The lowest BCUT2D eigenvalue weighted by Crippen LogP contribution is -2.58. The van der Waals surface area contributed by atoms with Crippen LogP contribution in [-0.4, -0.2) is 137 Å². The number of ether oxygens (including phenoxy) is 7. The Hall–Kier alpha value is -5.40. The van der Waals surface area contributed by atoms with Gasteiger partial charge < -0.3 is 51.8 Å². The molecule has 0 unspecified atom stereocenters. The summed E-state index contributed by atoms with van der Waals surface area (Å²) < 4.78 is 52.0. The number of aldehydes is 1. The fraction of sp³-hybridized carbons (Fsp3) is 0.476. The van der Waals surface area contributed by atoms with E-state index in [0.29, 0.717) is 37.0 Å². The summed E-state index contributed by atoms with van der Waals surface area (Å²) in [6.45, 7) is 19.7. The van der Waals surface area contributed by atoms with E-state index in [1.807, 2.05) is 49.5 Å². The number of benzene rings is 4. The van der Waals surface area contributed by atoms with Gasteiger partial charge in [0, 0.05) is 30.1 Å². The molecule has 18 nitrogen and oxygen atoms in total. The smallest absolute Gasteiger partial charge is 0.416 e. The lowest BCUT2D eigenvalue weighted by Gasteiger charge is -2.44. The molecule has 4 aromatic rings. The van der Waals surface area contributed by atoms with Gasteiger partial charge >= 0.3 is 12.2 Å². The molecule has 0 spiro atoms. The van der Waals surface area contributed by atoms with Crippen LogP contribution in [0.15, 0.2) is 85.2 Å². The highest BCUT2D eigenvalue weighted by Crippen LogP contribution is 2.50. The minimum Gasteiger partial charge on any atom is -0.497 e. The number of methoxy groups -OCH3 is 3. The van der Waals surface area contributed by atoms with Crippen molar-refractivity contribution in [2.45, 2.75) is 142 Å². The summed E-state index contributed by atoms with van der Waals surface area (Å²) in [6, 6.07) is 19.2. The maximum absolute atomic E-state index is 15.1. The number of halogens is 6. The number of carbonyl (C=O) groups excluding carboxylic acids is 5. The van der Waals surface area contributed by atoms with Gasteiger partial charge in [-0.05, 0) is 115 Å². The summed E-state index contributed by atoms with van der Waals surface area (Å²) >= 11 is 36.9. The van der Waals surface area contributed by atoms with Gasteiger partial charge in [0.15, 0.2) is 52.1 Å². The molecular formula is C63H76Cl6N4O14Si2. The van der Waals surface area contributed by atoms with Crippen LogP contribution in [0.5, 0.6) is 28.7 Å². The highest BCUT2D eigenvalue weighted by molar-refractivity contribution is 6.74. The van der Waals surface area contributed by atoms with Crippen molar-refractivity contribution in [1.82, 2.24) is 9.80 Å². The lowest BCUT2D eigenvalue weighted by atomic mass is 10.0. The highest BCUT2D eigenvalue weighted by Gasteiger charge is 2.53. The molecule has 0 bridgehead atoms. The molecule has 4 aromatic carbocycles. The van der Waals surface area contributed by atoms with E-state index in [-0.39, 0.29) is 75.2 Å². The molecule has 0 aliphatic carbocycles. The van der Waals surface area contributed by atoms with Gasteiger partial charge in [-0.3, -0.25) is 14.4 Å². The average molecular weight is 1380 g/mol. The van der Waals surface area contributed by atoms with Crippen molar-refractivity contribution < 1.29 is 66.0 Å². The second-order valence-electron chi connectivity index (χ2n) is 25.2. The molecule has 4 atom stereocenters. The van der Waals surface area contributed by atoms with Crippen LogP contribution in [0.2, 0.25) is 36.3 Å². The monoisotopic (exact) mass is 1380 g/mol. The van der Waals surface area contributed by atoms with Gasteiger partial charge in [0.25, 0.3) is 11.8 Å². The minimum absolute atomic E-state index is 0.0902. The van der Waals surface area contributed by atoms with Crippen molar-refractivity contribution in [3.8, 4) is 28.7 Å². The fourth-order valence-electron chi connectivity index (χ4n) is 10.2. The Labute approximate surface area is 552 Å². The largest absolute Gasteiger partial charge is 0.497 e. The zero-order valence-electron chi connectivity index (χ0n) is 52.1. The Bertz CT molecular complexity index is 3360. The van der Waals surface area contributed by atoms with Crippen molar-refractivity contribution in [2.75, 3.05) is 57.6 Å². The van der Waals surface area contributed by atoms with Crippen LogP contribution in [-0.2, 0) is 18.3 Å². The second-order valence-corrected chi connectivity index (χ2v) is 39.7. The van der Waals surface area contributed by atoms with Crippen LogP contribution in [0.4, 0.5) is 21.0 Å². The molecule has 0 saturated carbocycles. The molecule has 0 fully saturated rings. The molecule has 0 saturated heterocycles. The van der Waals surface area contributed by atoms with Gasteiger partial charge in [-0.25, -0.2) is 19.4 Å². The van der Waals surface area contributed by atoms with Gasteiger partial charge in [-0.15, -0.1) is 0 Å². The molecule has 4 aliphatic heterocycles. The third-order valence-electron chi connectivity index (χ3n) is 17.1. The van der Waals surface area contributed by atoms with Gasteiger partial charge in [0.05, 0.1) is 69.1 Å². The predicted molar refractivity (Wildman–Crippen MR) is 353 cm³/mol. The van der Waals surface area contributed by atoms with Gasteiger partial charge in [0.2, 0.25) is 7.59 Å². The molecule has 482 valence electrons. The normalized spacial score (nSPS) is 18.8. The Balaban J connectivity index is 1.07. The quantitative estimate of drug-likeness (QED) is 0.0353. The Morgan fingerprint density at radius 1 is 0.551 bits per heavy atom. The molecule has 0 aromatic heterocycles. The molecule has 89 heavy (non-hydrogen) atoms. The van der Waals surface area contributed by atoms with Gasteiger partial charge in [-0.2, -0.15) is 0 Å². The van der Waals surface area contributed by atoms with Crippen LogP contribution in [0.1, 0.15) is 116 Å². The first kappa shape index (κ1) is 69.5. The summed E-state index contributed by atoms with van der Waals surface area (Å²) in [5, 5.41) is -0.697. The Morgan fingerprint density at radius 2 is 0.933 bits per heavy atom. The number of hydrogen-bond donors (Lipinski definition) is 0. The first-order chi connectivity index (χ1) is 41.6. The zero-order chi connectivity index (χ0) is 65.3. The number of amides is 4. The predicted octanol–water partition coefficient (Wildman–Crippen LogP) is 16.0. The Morgan fingerprint density at radius 3 is 1.27 bits per heavy atom. The SMILES string of the molecule is COc1ccc(C2=CN3C(=O)c4cc(OC)c(OCCCCCOc5cc6c(cc5OC)C(=O)N5C=C(c7ccc(C=O)cc7)C[C@H]5[C@H](O[Si](C)(C)C(C)(C)C)N6C(=O)OCC(Cl)(Cl)Cl)cc4N(C(=O)OCC(Cl)(Cl)Cl)[C@@H](O[Si](C)(C)C(C)(C)C)[C@@H]3C2)cc1. The summed E-state index contributed by atoms with van der Waals surface area (Å²) in [5.41, 5.74) is 4.19. The van der Waals surface area contributed by atoms with Crippen molar-refractivity contribution in [3.05, 3.63) is 113 Å². The van der Waals surface area contributed by atoms with Crippen molar-refractivity contribution in [1.29, 1.82) is 0 Å². The topological polar surface area (TPSA) is 181 Å². The van der Waals surface area contributed by atoms with E-state index in [1.54, 1.807) is 59.6 Å². The molecule has 8 rings (SSSR count). The fourth-order valence-corrected chi connectivity index (χ4v) is 13.0. The number of rotatable bonds is 20. The number of alkyl halides is 6. The summed E-state index contributed by atoms with van der Waals surface area (Å²) in [4.78, 5) is 77.0. The van der Waals surface area contributed by atoms with E-state index < -0.39 is 86.0 Å². The molecule has 0 radical (unpaired) electrons. The molecule has 26 heteroatoms. The van der Waals surface area contributed by atoms with E-state index in [2.05, 4.69) is 54.6 Å². The van der Waals surface area contributed by atoms with E-state index in [0.717, 1.165) is 28.6 Å². The van der Waals surface area contributed by atoms with E-state index >= 15 is 9.59 Å². The van der Waals surface area contributed by atoms with Crippen LogP contribution in [0.25, 0.3) is 11.1 Å². The number of carbonyl (C=O) groups is 5. The third-order valence-corrected chi connectivity index (χ3v) is 26.6. The first-order valence-corrected chi connectivity index (χ1v) is 37.1. The van der Waals surface area contributed by atoms with E-state index in [9.17, 15) is 14.4 Å². The van der Waals surface area contributed by atoms with Crippen molar-refractivity contribution in [2.24, 2.45) is 0 Å². The number of anilines is 2. The number of fused-ring (bicyclic) bond motifs is 4. The van der Waals surface area contributed by atoms with Crippen LogP contribution >= 0.6 is 69.6 Å². The number of unbranched alkanes of at least 4 members (excludes halogenated alkanes) is 2. The summed E-state index contributed by atoms with van der Waals surface area (Å²) in [6.07, 6.45) is 2.38. The zero-order valence-corrected chi connectivity index (χ0v) is 58.6. The minimum atomic E-state index is -2.80. The van der Waals surface area contributed by atoms with Crippen LogP contribution in [0, 0.1) is 0 Å². The van der Waals surface area contributed by atoms with Crippen molar-refractivity contribution in [3.63, 3.8) is 0 Å². The standard InChI is InChI=1S/C63H76Cl6N4O14Si2/c1-60(2,3)88(10,11)86-56-48-27-41(39-19-17-38(35-74)18-20-39)33-70(48)54(75)44-29-50(80-8)52(31-46(44)72(56)58(77)84-36-62(64,65)66)82-25-15-14-16-26-83-53-32-47-45(30-51(53)81-9)55(76)71-34-42(40-21-23-43(79-7)24-22-40)28-49(71)57(87-89(12,13)61(4,5)6)73(47)59(78)85-37-63(67,68)69/h17-24,29-35,48-49,56-57H,14-16,25-28,36-37H2,1-13H3/t48-,49-,56-,57-/m0/s1. The third kappa shape index (κ3) is 15.7. The summed E-state index contributed by atoms with van der Waals surface area (Å²) in [7, 11) is -1.08. The molecule has 0 N–H and O–H groups in total. The van der Waals surface area contributed by atoms with E-state index in [4.69, 9.17) is 112 Å². The Kier molecular flexibility index (Phi) is 21.4. The van der Waals surface area contributed by atoms with Gasteiger partial charge in [0.1, 0.15) is 25.2 Å². The van der Waals surface area contributed by atoms with Crippen LogP contribution < -0.4 is 33.5 Å². The van der Waals surface area contributed by atoms with E-state index in [1.165, 1.54) is 30.1 Å². The highest BCUT2D eigenvalue weighted by atomic mass is 35.6. The maximum atomic E-state index is 15.1. The first-order valence-electron chi connectivity index (χ1n) is 29.0. The van der Waals surface area contributed by atoms with Crippen molar-refractivity contribution >= 4 is 139 Å². The van der Waals surface area contributed by atoms with Crippen LogP contribution in [0.3, 0.4) is 0 Å². The van der Waals surface area contributed by atoms with Gasteiger partial charge in [-0.1, -0.05) is 148 Å². The molecule has 4 heterocycles. The maximum Gasteiger partial charge on any atom is 0.416 e. The molecule has 4 aliphatic rings. The second kappa shape index (κ2) is 27.4. The number of nitrogens with zero attached hydrogens (tertiary/aromatic N) is 4. The number of hydrogen-bond acceptors (Lipinski definition) is 14. The lowest BCUT2D eigenvalue weighted by molar-refractivity contribution is 0.0584. The molecular weight excluding hydrogens is 1310 g/mol. The molecule has 4 amide bonds.